The Hall–Kier alpha value is -1.17. The van der Waals surface area contributed by atoms with E-state index in [9.17, 15) is 0 Å². The largest absolute Gasteiger partial charge is 0.350 e. The van der Waals surface area contributed by atoms with E-state index in [1.165, 1.54) is 25.7 Å². The van der Waals surface area contributed by atoms with Crippen LogP contribution in [0.25, 0.3) is 0 Å². The monoisotopic (exact) mass is 208 g/mol. The zero-order valence-corrected chi connectivity index (χ0v) is 8.85. The molecule has 6 heteroatoms. The Morgan fingerprint density at radius 2 is 2.07 bits per heavy atom. The predicted octanol–water partition coefficient (Wildman–Crippen LogP) is -0.0950. The molecular weight excluding hydrogens is 192 g/mol. The quantitative estimate of drug-likeness (QED) is 0.710. The lowest BCUT2D eigenvalue weighted by Crippen LogP contribution is -2.43. The standard InChI is InChI=1S/C9H16N6/c1-15-9(12-13-14-15)11-8-4-6-2-3-7(5-8)10-6/h6-8,10H,2-5H2,1H3,(H,11,12,14). The summed E-state index contributed by atoms with van der Waals surface area (Å²) in [6.07, 6.45) is 5.01. The number of rotatable bonds is 2. The van der Waals surface area contributed by atoms with Crippen LogP contribution in [0, 0.1) is 0 Å². The Balaban J connectivity index is 1.67. The molecule has 2 unspecified atom stereocenters. The highest BCUT2D eigenvalue weighted by molar-refractivity contribution is 5.24. The Morgan fingerprint density at radius 3 is 2.67 bits per heavy atom. The minimum Gasteiger partial charge on any atom is -0.350 e. The number of aromatic nitrogens is 4. The van der Waals surface area contributed by atoms with Crippen LogP contribution in [0.5, 0.6) is 0 Å². The van der Waals surface area contributed by atoms with Crippen LogP contribution in [-0.4, -0.2) is 38.3 Å². The van der Waals surface area contributed by atoms with Gasteiger partial charge in [-0.1, -0.05) is 5.10 Å². The van der Waals surface area contributed by atoms with Crippen LogP contribution in [0.15, 0.2) is 0 Å². The molecule has 2 aliphatic rings. The second-order valence-corrected chi connectivity index (χ2v) is 4.58. The van der Waals surface area contributed by atoms with E-state index in [1.807, 2.05) is 7.05 Å². The third-order valence-corrected chi connectivity index (χ3v) is 3.43. The van der Waals surface area contributed by atoms with Crippen LogP contribution in [-0.2, 0) is 7.05 Å². The summed E-state index contributed by atoms with van der Waals surface area (Å²) in [6.45, 7) is 0. The van der Waals surface area contributed by atoms with E-state index in [-0.39, 0.29) is 0 Å². The van der Waals surface area contributed by atoms with Gasteiger partial charge in [0.25, 0.3) is 0 Å². The van der Waals surface area contributed by atoms with Crippen molar-refractivity contribution in [2.24, 2.45) is 7.05 Å². The SMILES string of the molecule is Cn1nnnc1NC1CC2CCC(C1)N2. The van der Waals surface area contributed by atoms with E-state index in [2.05, 4.69) is 26.2 Å². The summed E-state index contributed by atoms with van der Waals surface area (Å²) < 4.78 is 1.68. The Kier molecular flexibility index (Phi) is 2.09. The summed E-state index contributed by atoms with van der Waals surface area (Å²) >= 11 is 0. The molecule has 2 bridgehead atoms. The number of anilines is 1. The maximum absolute atomic E-state index is 3.95. The molecule has 2 fully saturated rings. The van der Waals surface area contributed by atoms with Crippen LogP contribution in [0.4, 0.5) is 5.95 Å². The molecule has 0 spiro atoms. The summed E-state index contributed by atoms with van der Waals surface area (Å²) in [4.78, 5) is 0. The van der Waals surface area contributed by atoms with Crippen molar-refractivity contribution in [1.29, 1.82) is 0 Å². The maximum Gasteiger partial charge on any atom is 0.242 e. The van der Waals surface area contributed by atoms with Gasteiger partial charge in [0, 0.05) is 25.2 Å². The third-order valence-electron chi connectivity index (χ3n) is 3.43. The number of hydrogen-bond acceptors (Lipinski definition) is 5. The van der Waals surface area contributed by atoms with Crippen molar-refractivity contribution in [2.75, 3.05) is 5.32 Å². The molecule has 2 aliphatic heterocycles. The predicted molar refractivity (Wildman–Crippen MR) is 55.4 cm³/mol. The third kappa shape index (κ3) is 1.69. The molecule has 1 aromatic heterocycles. The summed E-state index contributed by atoms with van der Waals surface area (Å²) in [6, 6.07) is 1.92. The van der Waals surface area contributed by atoms with Gasteiger partial charge in [-0.05, 0) is 36.1 Å². The van der Waals surface area contributed by atoms with Gasteiger partial charge < -0.3 is 10.6 Å². The van der Waals surface area contributed by atoms with Crippen molar-refractivity contribution in [2.45, 2.75) is 43.8 Å². The topological polar surface area (TPSA) is 67.7 Å². The molecule has 0 aromatic carbocycles. The van der Waals surface area contributed by atoms with Crippen molar-refractivity contribution >= 4 is 5.95 Å². The van der Waals surface area contributed by atoms with Gasteiger partial charge in [-0.3, -0.25) is 0 Å². The van der Waals surface area contributed by atoms with E-state index in [0.717, 1.165) is 5.95 Å². The average molecular weight is 208 g/mol. The molecule has 0 radical (unpaired) electrons. The van der Waals surface area contributed by atoms with E-state index in [1.54, 1.807) is 4.68 Å². The van der Waals surface area contributed by atoms with E-state index in [0.29, 0.717) is 18.1 Å². The van der Waals surface area contributed by atoms with Crippen molar-refractivity contribution in [3.8, 4) is 0 Å². The second kappa shape index (κ2) is 3.44. The zero-order valence-electron chi connectivity index (χ0n) is 8.85. The lowest BCUT2D eigenvalue weighted by molar-refractivity contribution is 0.376. The number of hydrogen-bond donors (Lipinski definition) is 2. The molecule has 15 heavy (non-hydrogen) atoms. The molecule has 82 valence electrons. The molecule has 2 atom stereocenters. The Labute approximate surface area is 88.4 Å². The van der Waals surface area contributed by atoms with Gasteiger partial charge in [-0.2, -0.15) is 0 Å². The van der Waals surface area contributed by atoms with Crippen LogP contribution in [0.2, 0.25) is 0 Å². The summed E-state index contributed by atoms with van der Waals surface area (Å²) in [7, 11) is 1.86. The first-order valence-electron chi connectivity index (χ1n) is 5.56. The number of aryl methyl sites for hydroxylation is 1. The molecule has 1 aromatic rings. The van der Waals surface area contributed by atoms with Gasteiger partial charge >= 0.3 is 0 Å². The van der Waals surface area contributed by atoms with E-state index in [4.69, 9.17) is 0 Å². The maximum atomic E-state index is 3.95. The first kappa shape index (κ1) is 9.08. The fourth-order valence-electron chi connectivity index (χ4n) is 2.71. The van der Waals surface area contributed by atoms with Crippen molar-refractivity contribution < 1.29 is 0 Å². The molecule has 0 saturated carbocycles. The Bertz CT molecular complexity index is 336. The minimum absolute atomic E-state index is 0.522. The lowest BCUT2D eigenvalue weighted by atomic mass is 10.0. The summed E-state index contributed by atoms with van der Waals surface area (Å²) in [5.74, 6) is 0.779. The van der Waals surface area contributed by atoms with Gasteiger partial charge in [-0.15, -0.1) is 0 Å². The highest BCUT2D eigenvalue weighted by Crippen LogP contribution is 2.28. The molecule has 2 saturated heterocycles. The van der Waals surface area contributed by atoms with Gasteiger partial charge in [0.1, 0.15) is 0 Å². The number of nitrogens with one attached hydrogen (secondary N) is 2. The van der Waals surface area contributed by atoms with Gasteiger partial charge in [-0.25, -0.2) is 4.68 Å². The fourth-order valence-corrected chi connectivity index (χ4v) is 2.71. The first-order chi connectivity index (χ1) is 7.31. The Morgan fingerprint density at radius 1 is 1.33 bits per heavy atom. The first-order valence-corrected chi connectivity index (χ1v) is 5.56. The zero-order chi connectivity index (χ0) is 10.3. The molecule has 0 aliphatic carbocycles. The highest BCUT2D eigenvalue weighted by Gasteiger charge is 2.33. The minimum atomic E-state index is 0.522. The van der Waals surface area contributed by atoms with Gasteiger partial charge in [0.15, 0.2) is 0 Å². The number of tetrazole rings is 1. The highest BCUT2D eigenvalue weighted by atomic mass is 15.6. The summed E-state index contributed by atoms with van der Waals surface area (Å²) in [5, 5.41) is 18.4. The van der Waals surface area contributed by atoms with Crippen molar-refractivity contribution in [3.05, 3.63) is 0 Å². The van der Waals surface area contributed by atoms with Crippen LogP contribution in [0.3, 0.4) is 0 Å². The second-order valence-electron chi connectivity index (χ2n) is 4.58. The summed E-state index contributed by atoms with van der Waals surface area (Å²) in [5.41, 5.74) is 0. The number of fused-ring (bicyclic) bond motifs is 2. The molecule has 0 amide bonds. The van der Waals surface area contributed by atoms with Crippen molar-refractivity contribution in [3.63, 3.8) is 0 Å². The smallest absolute Gasteiger partial charge is 0.242 e. The van der Waals surface area contributed by atoms with Gasteiger partial charge in [0.05, 0.1) is 0 Å². The number of piperidine rings is 1. The van der Waals surface area contributed by atoms with Crippen LogP contribution >= 0.6 is 0 Å². The van der Waals surface area contributed by atoms with E-state index < -0.39 is 0 Å². The molecule has 3 heterocycles. The van der Waals surface area contributed by atoms with Gasteiger partial charge in [0.2, 0.25) is 5.95 Å². The van der Waals surface area contributed by atoms with Crippen LogP contribution < -0.4 is 10.6 Å². The molecular formula is C9H16N6. The van der Waals surface area contributed by atoms with Crippen molar-refractivity contribution in [1.82, 2.24) is 25.5 Å². The molecule has 3 rings (SSSR count). The molecule has 2 N–H and O–H groups in total. The van der Waals surface area contributed by atoms with E-state index >= 15 is 0 Å². The van der Waals surface area contributed by atoms with Crippen LogP contribution in [0.1, 0.15) is 25.7 Å². The average Bonchev–Trinajstić information content (AvgIpc) is 2.75. The number of nitrogens with zero attached hydrogens (tertiary/aromatic N) is 4. The molecule has 6 nitrogen and oxygen atoms in total. The normalized spacial score (nSPS) is 34.3. The lowest BCUT2D eigenvalue weighted by Gasteiger charge is -2.29. The fraction of sp³-hybridized carbons (Fsp3) is 0.889.